The summed E-state index contributed by atoms with van der Waals surface area (Å²) in [4.78, 5) is 29.5. The number of ether oxygens (including phenoxy) is 1. The Labute approximate surface area is 248 Å². The van der Waals surface area contributed by atoms with Gasteiger partial charge in [0, 0.05) is 51.0 Å². The maximum absolute atomic E-state index is 14.6. The van der Waals surface area contributed by atoms with Crippen LogP contribution in [0.4, 0.5) is 21.7 Å². The summed E-state index contributed by atoms with van der Waals surface area (Å²) in [5.41, 5.74) is 3.70. The van der Waals surface area contributed by atoms with Crippen molar-refractivity contribution in [1.82, 2.24) is 34.8 Å². The first-order chi connectivity index (χ1) is 20.9. The second kappa shape index (κ2) is 12.0. The lowest BCUT2D eigenvalue weighted by Crippen LogP contribution is -2.48. The van der Waals surface area contributed by atoms with E-state index in [2.05, 4.69) is 37.1 Å². The lowest BCUT2D eigenvalue weighted by molar-refractivity contribution is -0.126. The number of carbonyl (C=O) groups is 1. The maximum atomic E-state index is 14.6. The summed E-state index contributed by atoms with van der Waals surface area (Å²) < 4.78 is 21.9. The molecule has 3 aromatic heterocycles. The Kier molecular flexibility index (Phi) is 7.82. The van der Waals surface area contributed by atoms with Crippen LogP contribution in [-0.2, 0) is 11.8 Å². The average Bonchev–Trinajstić information content (AvgIpc) is 3.86. The van der Waals surface area contributed by atoms with E-state index in [0.717, 1.165) is 17.1 Å². The van der Waals surface area contributed by atoms with Crippen LogP contribution in [0.2, 0.25) is 0 Å². The van der Waals surface area contributed by atoms with Gasteiger partial charge in [-0.3, -0.25) is 4.79 Å². The molecule has 1 saturated carbocycles. The topological polar surface area (TPSA) is 114 Å². The third kappa shape index (κ3) is 6.22. The highest BCUT2D eigenvalue weighted by Crippen LogP contribution is 2.32. The number of nitrogens with zero attached hydrogens (tertiary/aromatic N) is 8. The third-order valence-corrected chi connectivity index (χ3v) is 7.20. The largest absolute Gasteiger partial charge is 0.457 e. The number of carbonyl (C=O) groups excluding carboxylic acids is 1. The molecule has 7 rings (SSSR count). The highest BCUT2D eigenvalue weighted by Gasteiger charge is 2.21. The maximum Gasteiger partial charge on any atom is 0.246 e. The summed E-state index contributed by atoms with van der Waals surface area (Å²) >= 11 is 0. The van der Waals surface area contributed by atoms with Gasteiger partial charge in [0.2, 0.25) is 5.91 Å². The summed E-state index contributed by atoms with van der Waals surface area (Å²) in [5, 5.41) is 11.2. The number of rotatable bonds is 6. The number of hydrogen-bond acceptors (Lipinski definition) is 9. The molecule has 2 fully saturated rings. The molecule has 43 heavy (non-hydrogen) atoms. The minimum atomic E-state index is -0.453. The van der Waals surface area contributed by atoms with Crippen molar-refractivity contribution < 1.29 is 13.9 Å². The van der Waals surface area contributed by atoms with E-state index in [1.165, 1.54) is 42.4 Å². The first-order valence-electron chi connectivity index (χ1n) is 14.2. The van der Waals surface area contributed by atoms with Crippen molar-refractivity contribution in [2.45, 2.75) is 26.2 Å². The van der Waals surface area contributed by atoms with Gasteiger partial charge in [-0.25, -0.2) is 24.0 Å². The molecule has 1 N–H and O–H groups in total. The van der Waals surface area contributed by atoms with E-state index in [1.807, 2.05) is 37.3 Å². The molecule has 1 amide bonds. The van der Waals surface area contributed by atoms with Crippen LogP contribution in [0.5, 0.6) is 11.5 Å². The van der Waals surface area contributed by atoms with Gasteiger partial charge in [0.05, 0.1) is 5.52 Å². The molecular formula is C31H32FN9O2. The van der Waals surface area contributed by atoms with Gasteiger partial charge in [0.25, 0.3) is 0 Å². The number of halogens is 1. The Morgan fingerprint density at radius 3 is 2.53 bits per heavy atom. The van der Waals surface area contributed by atoms with Crippen molar-refractivity contribution in [2.24, 2.45) is 7.05 Å². The van der Waals surface area contributed by atoms with Gasteiger partial charge in [-0.1, -0.05) is 31.1 Å². The second-order valence-corrected chi connectivity index (χ2v) is 10.5. The van der Waals surface area contributed by atoms with Crippen molar-refractivity contribution in [3.8, 4) is 11.5 Å². The Balaban J connectivity index is 0.00000103. The molecule has 1 saturated heterocycles. The highest BCUT2D eigenvalue weighted by atomic mass is 19.1. The minimum absolute atomic E-state index is 0.0588. The van der Waals surface area contributed by atoms with Crippen LogP contribution in [0, 0.1) is 12.7 Å². The molecular weight excluding hydrogens is 549 g/mol. The van der Waals surface area contributed by atoms with E-state index in [0.29, 0.717) is 65.6 Å². The Morgan fingerprint density at radius 1 is 1.02 bits per heavy atom. The SMILES string of the molecule is C1CC1.C=CC(=O)N1CCN(c2ccc3ncnc(Nc4ccc(Oc5cc(F)c6c(c5)nnn6C)c(C)c4)c3n2)CC1. The number of amides is 1. The molecule has 220 valence electrons. The Morgan fingerprint density at radius 2 is 1.81 bits per heavy atom. The summed E-state index contributed by atoms with van der Waals surface area (Å²) in [7, 11) is 1.64. The summed E-state index contributed by atoms with van der Waals surface area (Å²) in [5.74, 6) is 1.76. The minimum Gasteiger partial charge on any atom is -0.457 e. The van der Waals surface area contributed by atoms with E-state index in [4.69, 9.17) is 9.72 Å². The Hall–Kier alpha value is -5.13. The van der Waals surface area contributed by atoms with E-state index in [9.17, 15) is 9.18 Å². The smallest absolute Gasteiger partial charge is 0.246 e. The van der Waals surface area contributed by atoms with Gasteiger partial charge in [-0.05, 0) is 48.9 Å². The van der Waals surface area contributed by atoms with Gasteiger partial charge < -0.3 is 19.9 Å². The van der Waals surface area contributed by atoms with E-state index >= 15 is 0 Å². The Bertz CT molecular complexity index is 1810. The van der Waals surface area contributed by atoms with Gasteiger partial charge in [0.1, 0.15) is 40.2 Å². The number of anilines is 3. The monoisotopic (exact) mass is 581 g/mol. The first-order valence-corrected chi connectivity index (χ1v) is 14.2. The fourth-order valence-electron chi connectivity index (χ4n) is 4.76. The molecule has 0 atom stereocenters. The van der Waals surface area contributed by atoms with Crippen molar-refractivity contribution >= 4 is 45.3 Å². The zero-order valence-electron chi connectivity index (χ0n) is 24.1. The standard InChI is InChI=1S/C28H26FN9O2.C3H6/c1-4-25(39)38-11-9-37(10-12-38)24-8-6-21-26(33-24)28(31-16-30-21)32-18-5-7-23(17(2)13-18)40-19-14-20(29)27-22(15-19)34-35-36(27)3;1-2-3-1/h4-8,13-16H,1,9-12H2,2-3H3,(H,30,31,32);1-3H2. The second-order valence-electron chi connectivity index (χ2n) is 10.5. The van der Waals surface area contributed by atoms with Crippen LogP contribution in [0.1, 0.15) is 24.8 Å². The molecule has 0 spiro atoms. The van der Waals surface area contributed by atoms with E-state index in [1.54, 1.807) is 18.0 Å². The van der Waals surface area contributed by atoms with Crippen LogP contribution in [0.25, 0.3) is 22.1 Å². The predicted molar refractivity (Wildman–Crippen MR) is 163 cm³/mol. The molecule has 1 aliphatic heterocycles. The number of fused-ring (bicyclic) bond motifs is 2. The highest BCUT2D eigenvalue weighted by molar-refractivity contribution is 5.89. The number of aryl methyl sites for hydroxylation is 2. The van der Waals surface area contributed by atoms with Gasteiger partial charge in [-0.2, -0.15) is 0 Å². The molecule has 0 bridgehead atoms. The number of nitrogens with one attached hydrogen (secondary N) is 1. The van der Waals surface area contributed by atoms with Crippen LogP contribution < -0.4 is 15.0 Å². The summed E-state index contributed by atoms with van der Waals surface area (Å²) in [6, 6.07) is 12.4. The fourth-order valence-corrected chi connectivity index (χ4v) is 4.76. The number of hydrogen-bond donors (Lipinski definition) is 1. The van der Waals surface area contributed by atoms with Crippen LogP contribution >= 0.6 is 0 Å². The molecule has 0 radical (unpaired) electrons. The predicted octanol–water partition coefficient (Wildman–Crippen LogP) is 5.29. The van der Waals surface area contributed by atoms with Crippen molar-refractivity contribution in [2.75, 3.05) is 36.4 Å². The van der Waals surface area contributed by atoms with Gasteiger partial charge in [-0.15, -0.1) is 5.10 Å². The lowest BCUT2D eigenvalue weighted by atomic mass is 10.2. The molecule has 2 aliphatic rings. The molecule has 12 heteroatoms. The van der Waals surface area contributed by atoms with Crippen molar-refractivity contribution in [1.29, 1.82) is 0 Å². The molecule has 1 aliphatic carbocycles. The molecule has 11 nitrogen and oxygen atoms in total. The lowest BCUT2D eigenvalue weighted by Gasteiger charge is -2.35. The van der Waals surface area contributed by atoms with Crippen LogP contribution in [0.15, 0.2) is 61.4 Å². The zero-order valence-corrected chi connectivity index (χ0v) is 24.1. The van der Waals surface area contributed by atoms with Crippen LogP contribution in [-0.4, -0.2) is 66.9 Å². The van der Waals surface area contributed by atoms with Crippen LogP contribution in [0.3, 0.4) is 0 Å². The van der Waals surface area contributed by atoms with Gasteiger partial charge >= 0.3 is 0 Å². The third-order valence-electron chi connectivity index (χ3n) is 7.20. The number of piperazine rings is 1. The summed E-state index contributed by atoms with van der Waals surface area (Å²) in [6.45, 7) is 8.02. The quantitative estimate of drug-likeness (QED) is 0.267. The van der Waals surface area contributed by atoms with Crippen molar-refractivity contribution in [3.05, 3.63) is 72.8 Å². The van der Waals surface area contributed by atoms with E-state index < -0.39 is 5.82 Å². The van der Waals surface area contributed by atoms with E-state index in [-0.39, 0.29) is 5.91 Å². The molecule has 5 aromatic rings. The average molecular weight is 582 g/mol. The van der Waals surface area contributed by atoms with Gasteiger partial charge in [0.15, 0.2) is 11.6 Å². The van der Waals surface area contributed by atoms with Crippen molar-refractivity contribution in [3.63, 3.8) is 0 Å². The first kappa shape index (κ1) is 28.0. The number of pyridine rings is 1. The summed E-state index contributed by atoms with van der Waals surface area (Å²) in [6.07, 6.45) is 7.34. The molecule has 2 aromatic carbocycles. The fraction of sp³-hybridized carbons (Fsp3) is 0.290. The molecule has 4 heterocycles. The molecule has 0 unspecified atom stereocenters. The number of benzene rings is 2. The zero-order chi connectivity index (χ0) is 29.9. The normalized spacial score (nSPS) is 14.3. The number of aromatic nitrogens is 6.